The lowest BCUT2D eigenvalue weighted by Gasteiger charge is -2.20. The van der Waals surface area contributed by atoms with Crippen LogP contribution in [0.3, 0.4) is 0 Å². The van der Waals surface area contributed by atoms with Crippen LogP contribution in [0.4, 0.5) is 24.7 Å². The molecule has 2 aromatic rings. The molecule has 0 saturated carbocycles. The van der Waals surface area contributed by atoms with Crippen molar-refractivity contribution >= 4 is 17.5 Å². The highest BCUT2D eigenvalue weighted by atomic mass is 19.4. The molecule has 0 aliphatic carbocycles. The van der Waals surface area contributed by atoms with Crippen LogP contribution in [0.1, 0.15) is 5.56 Å². The van der Waals surface area contributed by atoms with Gasteiger partial charge >= 0.3 is 12.1 Å². The molecule has 0 bridgehead atoms. The van der Waals surface area contributed by atoms with Gasteiger partial charge in [0.25, 0.3) is 0 Å². The number of aromatic nitrogens is 1. The predicted octanol–water partition coefficient (Wildman–Crippen LogP) is 3.54. The molecular formula is C19H20F3N3O2. The van der Waals surface area contributed by atoms with Crippen LogP contribution in [-0.2, 0) is 11.3 Å². The number of likely N-dealkylation sites (tertiary alicyclic amines) is 1. The maximum Gasteiger partial charge on any atom is 0.393 e. The van der Waals surface area contributed by atoms with E-state index in [-0.39, 0.29) is 19.6 Å². The van der Waals surface area contributed by atoms with E-state index < -0.39 is 24.0 Å². The first-order valence-corrected chi connectivity index (χ1v) is 8.51. The molecule has 2 atom stereocenters. The Balaban J connectivity index is 1.67. The van der Waals surface area contributed by atoms with Gasteiger partial charge in [0.2, 0.25) is 0 Å². The molecule has 1 aromatic carbocycles. The molecule has 1 fully saturated rings. The van der Waals surface area contributed by atoms with Crippen LogP contribution in [0.25, 0.3) is 0 Å². The van der Waals surface area contributed by atoms with Crippen LogP contribution in [0, 0.1) is 11.8 Å². The van der Waals surface area contributed by atoms with Gasteiger partial charge < -0.3 is 10.0 Å². The van der Waals surface area contributed by atoms with Crippen molar-refractivity contribution < 1.29 is 23.1 Å². The Morgan fingerprint density at radius 2 is 1.93 bits per heavy atom. The summed E-state index contributed by atoms with van der Waals surface area (Å²) in [4.78, 5) is 19.0. The highest BCUT2D eigenvalue weighted by Crippen LogP contribution is 2.38. The van der Waals surface area contributed by atoms with Crippen molar-refractivity contribution in [3.8, 4) is 0 Å². The Labute approximate surface area is 155 Å². The zero-order chi connectivity index (χ0) is 19.6. The van der Waals surface area contributed by atoms with E-state index in [9.17, 15) is 18.0 Å². The fourth-order valence-corrected chi connectivity index (χ4v) is 3.35. The maximum atomic E-state index is 13.1. The number of carboxylic acids is 1. The number of anilines is 2. The predicted molar refractivity (Wildman–Crippen MR) is 94.7 cm³/mol. The van der Waals surface area contributed by atoms with Crippen molar-refractivity contribution in [2.24, 2.45) is 11.8 Å². The molecule has 5 nitrogen and oxygen atoms in total. The van der Waals surface area contributed by atoms with Gasteiger partial charge in [-0.3, -0.25) is 9.69 Å². The van der Waals surface area contributed by atoms with Crippen LogP contribution >= 0.6 is 0 Å². The highest BCUT2D eigenvalue weighted by molar-refractivity contribution is 5.71. The van der Waals surface area contributed by atoms with Crippen molar-refractivity contribution in [3.05, 3.63) is 54.2 Å². The molecule has 1 N–H and O–H groups in total. The van der Waals surface area contributed by atoms with E-state index in [1.165, 1.54) is 4.90 Å². The Morgan fingerprint density at radius 1 is 1.22 bits per heavy atom. The number of para-hydroxylation sites is 1. The zero-order valence-electron chi connectivity index (χ0n) is 14.7. The molecule has 144 valence electrons. The first kappa shape index (κ1) is 19.2. The lowest BCUT2D eigenvalue weighted by Crippen LogP contribution is -2.33. The molecule has 2 heterocycles. The summed E-state index contributed by atoms with van der Waals surface area (Å²) in [5.41, 5.74) is 1.71. The van der Waals surface area contributed by atoms with Gasteiger partial charge in [-0.1, -0.05) is 24.3 Å². The second-order valence-electron chi connectivity index (χ2n) is 6.71. The standard InChI is InChI=1S/C19H20F3N3O2/c1-24(14-5-3-2-4-6-14)17-8-7-13(9-23-17)10-25-11-15(18(26)27)16(12-25)19(20,21)22/h2-9,15-16H,10-12H2,1H3,(H,26,27)/t15-,16-/m1/s1. The lowest BCUT2D eigenvalue weighted by atomic mass is 9.96. The zero-order valence-corrected chi connectivity index (χ0v) is 14.7. The largest absolute Gasteiger partial charge is 0.481 e. The van der Waals surface area contributed by atoms with Gasteiger partial charge in [-0.05, 0) is 23.8 Å². The van der Waals surface area contributed by atoms with Crippen LogP contribution < -0.4 is 4.90 Å². The first-order chi connectivity index (χ1) is 12.8. The number of nitrogens with zero attached hydrogens (tertiary/aromatic N) is 3. The van der Waals surface area contributed by atoms with Crippen molar-refractivity contribution in [1.29, 1.82) is 0 Å². The minimum atomic E-state index is -4.52. The maximum absolute atomic E-state index is 13.1. The first-order valence-electron chi connectivity index (χ1n) is 8.51. The number of hydrogen-bond donors (Lipinski definition) is 1. The number of carbonyl (C=O) groups is 1. The van der Waals surface area contributed by atoms with Crippen LogP contribution in [-0.4, -0.2) is 47.3 Å². The average Bonchev–Trinajstić information content (AvgIpc) is 3.07. The topological polar surface area (TPSA) is 56.7 Å². The average molecular weight is 379 g/mol. The van der Waals surface area contributed by atoms with E-state index in [2.05, 4.69) is 4.98 Å². The summed E-state index contributed by atoms with van der Waals surface area (Å²) >= 11 is 0. The SMILES string of the molecule is CN(c1ccccc1)c1ccc(CN2C[C@@H](C(F)(F)F)[C@H](C(=O)O)C2)cn1. The fraction of sp³-hybridized carbons (Fsp3) is 0.368. The normalized spacial score (nSPS) is 20.6. The van der Waals surface area contributed by atoms with Gasteiger partial charge in [-0.15, -0.1) is 0 Å². The third-order valence-corrected chi connectivity index (χ3v) is 4.84. The summed E-state index contributed by atoms with van der Waals surface area (Å²) in [6.45, 7) is -0.198. The fourth-order valence-electron chi connectivity index (χ4n) is 3.35. The van der Waals surface area contributed by atoms with Crippen molar-refractivity contribution in [3.63, 3.8) is 0 Å². The van der Waals surface area contributed by atoms with Gasteiger partial charge in [0, 0.05) is 38.6 Å². The van der Waals surface area contributed by atoms with E-state index in [0.29, 0.717) is 5.82 Å². The molecule has 1 aromatic heterocycles. The highest BCUT2D eigenvalue weighted by Gasteiger charge is 2.52. The van der Waals surface area contributed by atoms with Crippen molar-refractivity contribution in [1.82, 2.24) is 9.88 Å². The van der Waals surface area contributed by atoms with Crippen LogP contribution in [0.5, 0.6) is 0 Å². The molecule has 1 saturated heterocycles. The second-order valence-corrected chi connectivity index (χ2v) is 6.71. The quantitative estimate of drug-likeness (QED) is 0.861. The van der Waals surface area contributed by atoms with E-state index in [0.717, 1.165) is 11.3 Å². The van der Waals surface area contributed by atoms with Gasteiger partial charge in [0.1, 0.15) is 5.82 Å². The van der Waals surface area contributed by atoms with Gasteiger partial charge in [0.05, 0.1) is 11.8 Å². The summed E-state index contributed by atoms with van der Waals surface area (Å²) in [6.07, 6.45) is -2.90. The van der Waals surface area contributed by atoms with Gasteiger partial charge in [-0.25, -0.2) is 4.98 Å². The van der Waals surface area contributed by atoms with Crippen LogP contribution in [0.15, 0.2) is 48.7 Å². The van der Waals surface area contributed by atoms with E-state index in [4.69, 9.17) is 5.11 Å². The number of benzene rings is 1. The van der Waals surface area contributed by atoms with E-state index in [1.54, 1.807) is 18.3 Å². The van der Waals surface area contributed by atoms with Gasteiger partial charge in [0.15, 0.2) is 0 Å². The Hall–Kier alpha value is -2.61. The summed E-state index contributed by atoms with van der Waals surface area (Å²) < 4.78 is 39.2. The van der Waals surface area contributed by atoms with Crippen LogP contribution in [0.2, 0.25) is 0 Å². The molecule has 0 radical (unpaired) electrons. The number of aliphatic carboxylic acids is 1. The Morgan fingerprint density at radius 3 is 2.44 bits per heavy atom. The lowest BCUT2D eigenvalue weighted by molar-refractivity contribution is -0.188. The molecular weight excluding hydrogens is 359 g/mol. The third kappa shape index (κ3) is 4.39. The summed E-state index contributed by atoms with van der Waals surface area (Å²) in [6, 6.07) is 13.3. The molecule has 3 rings (SSSR count). The number of hydrogen-bond acceptors (Lipinski definition) is 4. The summed E-state index contributed by atoms with van der Waals surface area (Å²) in [5, 5.41) is 9.09. The van der Waals surface area contributed by atoms with E-state index in [1.807, 2.05) is 42.3 Å². The molecule has 0 amide bonds. The summed E-state index contributed by atoms with van der Waals surface area (Å²) in [5.74, 6) is -3.96. The minimum Gasteiger partial charge on any atom is -0.481 e. The molecule has 0 unspecified atom stereocenters. The smallest absolute Gasteiger partial charge is 0.393 e. The molecule has 8 heteroatoms. The Kier molecular flexibility index (Phi) is 5.36. The second kappa shape index (κ2) is 7.56. The Bertz CT molecular complexity index is 781. The van der Waals surface area contributed by atoms with E-state index >= 15 is 0 Å². The van der Waals surface area contributed by atoms with Gasteiger partial charge in [-0.2, -0.15) is 13.2 Å². The molecule has 1 aliphatic rings. The van der Waals surface area contributed by atoms with Crippen molar-refractivity contribution in [2.45, 2.75) is 12.7 Å². The molecule has 1 aliphatic heterocycles. The third-order valence-electron chi connectivity index (χ3n) is 4.84. The number of halogens is 3. The minimum absolute atomic E-state index is 0.120. The molecule has 27 heavy (non-hydrogen) atoms. The number of pyridine rings is 1. The van der Waals surface area contributed by atoms with Crippen molar-refractivity contribution in [2.75, 3.05) is 25.0 Å². The monoisotopic (exact) mass is 379 g/mol. The molecule has 0 spiro atoms. The summed E-state index contributed by atoms with van der Waals surface area (Å²) in [7, 11) is 1.88. The number of rotatable bonds is 5. The number of alkyl halides is 3. The number of carboxylic acid groups (broad SMARTS) is 1.